The number of hydrogen-bond donors (Lipinski definition) is 2. The molecule has 1 aromatic carbocycles. The predicted molar refractivity (Wildman–Crippen MR) is 122 cm³/mol. The fourth-order valence-electron chi connectivity index (χ4n) is 4.11. The average Bonchev–Trinajstić information content (AvgIpc) is 3.30. The Labute approximate surface area is 203 Å². The third-order valence-electron chi connectivity index (χ3n) is 5.78. The Hall–Kier alpha value is -3.57. The summed E-state index contributed by atoms with van der Waals surface area (Å²) in [6.45, 7) is 0.432. The Balaban J connectivity index is 1.65. The molecule has 0 saturated heterocycles. The second-order valence-electron chi connectivity index (χ2n) is 8.44. The van der Waals surface area contributed by atoms with E-state index in [2.05, 4.69) is 32.5 Å². The summed E-state index contributed by atoms with van der Waals surface area (Å²) in [7, 11) is 0. The minimum absolute atomic E-state index is 0.00516. The van der Waals surface area contributed by atoms with Crippen LogP contribution in [0.15, 0.2) is 59.7 Å². The molecule has 0 atom stereocenters. The van der Waals surface area contributed by atoms with Crippen molar-refractivity contribution in [2.45, 2.75) is 50.5 Å². The van der Waals surface area contributed by atoms with Gasteiger partial charge in [-0.05, 0) is 35.8 Å². The fraction of sp³-hybridized carbons (Fsp3) is 0.375. The summed E-state index contributed by atoms with van der Waals surface area (Å²) in [5.74, 6) is -0.343. The number of alkyl halides is 6. The number of unbranched alkanes of at least 4 members (excludes halogenated alkanes) is 2. The molecule has 12 heteroatoms. The lowest BCUT2D eigenvalue weighted by Gasteiger charge is -2.32. The lowest BCUT2D eigenvalue weighted by Crippen LogP contribution is -2.38. The average molecular weight is 511 g/mol. The van der Waals surface area contributed by atoms with Crippen molar-refractivity contribution in [3.63, 3.8) is 0 Å². The molecule has 0 spiro atoms. The van der Waals surface area contributed by atoms with Crippen molar-refractivity contribution in [2.24, 2.45) is 0 Å². The van der Waals surface area contributed by atoms with Crippen LogP contribution in [-0.4, -0.2) is 33.3 Å². The molecule has 1 aromatic heterocycles. The fourth-order valence-corrected chi connectivity index (χ4v) is 4.11. The number of hydrogen-bond acceptors (Lipinski definition) is 6. The van der Waals surface area contributed by atoms with Gasteiger partial charge >= 0.3 is 18.4 Å². The molecular formula is C24H23F6N5O. The lowest BCUT2D eigenvalue weighted by atomic mass is 9.85. The third kappa shape index (κ3) is 5.80. The van der Waals surface area contributed by atoms with Crippen molar-refractivity contribution in [2.75, 3.05) is 17.2 Å². The van der Waals surface area contributed by atoms with Crippen molar-refractivity contribution in [3.8, 4) is 6.01 Å². The van der Waals surface area contributed by atoms with Gasteiger partial charge in [-0.1, -0.05) is 56.6 Å². The number of rotatable bonds is 10. The Kier molecular flexibility index (Phi) is 6.96. The molecule has 0 saturated carbocycles. The van der Waals surface area contributed by atoms with E-state index in [1.807, 2.05) is 24.3 Å². The van der Waals surface area contributed by atoms with Gasteiger partial charge in [0.25, 0.3) is 0 Å². The SMILES string of the molecule is CCCCCC1(Nc2nc(Nc3cccc(C(F)(F)F)c3)nc(OCC(F)(F)F)n2)C2=CC=C1C=C2. The zero-order valence-electron chi connectivity index (χ0n) is 19.2. The topological polar surface area (TPSA) is 72.0 Å². The van der Waals surface area contributed by atoms with Gasteiger partial charge in [0.15, 0.2) is 6.61 Å². The van der Waals surface area contributed by atoms with Crippen molar-refractivity contribution in [3.05, 3.63) is 65.3 Å². The van der Waals surface area contributed by atoms with Gasteiger partial charge in [0.1, 0.15) is 0 Å². The molecule has 0 radical (unpaired) electrons. The molecule has 1 heterocycles. The van der Waals surface area contributed by atoms with Crippen molar-refractivity contribution in [1.82, 2.24) is 15.0 Å². The molecule has 2 N–H and O–H groups in total. The molecule has 4 rings (SSSR count). The first-order chi connectivity index (χ1) is 17.0. The largest absolute Gasteiger partial charge is 0.454 e. The molecule has 192 valence electrons. The maximum Gasteiger partial charge on any atom is 0.422 e. The maximum atomic E-state index is 13.1. The van der Waals surface area contributed by atoms with Gasteiger partial charge < -0.3 is 15.4 Å². The highest BCUT2D eigenvalue weighted by Gasteiger charge is 2.42. The van der Waals surface area contributed by atoms with E-state index in [1.165, 1.54) is 12.1 Å². The number of nitrogens with zero attached hydrogens (tertiary/aromatic N) is 3. The second kappa shape index (κ2) is 9.82. The second-order valence-corrected chi connectivity index (χ2v) is 8.44. The van der Waals surface area contributed by atoms with Crippen LogP contribution in [-0.2, 0) is 6.18 Å². The molecule has 6 nitrogen and oxygen atoms in total. The van der Waals surface area contributed by atoms with Crippen molar-refractivity contribution >= 4 is 17.6 Å². The van der Waals surface area contributed by atoms with Crippen molar-refractivity contribution in [1.29, 1.82) is 0 Å². The van der Waals surface area contributed by atoms with Gasteiger partial charge in [-0.25, -0.2) is 0 Å². The van der Waals surface area contributed by atoms with E-state index in [0.29, 0.717) is 6.42 Å². The molecule has 0 unspecified atom stereocenters. The van der Waals surface area contributed by atoms with Crippen LogP contribution in [0.4, 0.5) is 43.9 Å². The molecule has 2 aliphatic carbocycles. The van der Waals surface area contributed by atoms with E-state index >= 15 is 0 Å². The van der Waals surface area contributed by atoms with E-state index in [4.69, 9.17) is 4.74 Å². The molecule has 0 aliphatic heterocycles. The molecule has 0 amide bonds. The maximum absolute atomic E-state index is 13.1. The minimum Gasteiger partial charge on any atom is -0.454 e. The number of allylic oxidation sites excluding steroid dienone is 2. The summed E-state index contributed by atoms with van der Waals surface area (Å²) < 4.78 is 82.3. The van der Waals surface area contributed by atoms with Crippen LogP contribution in [0.1, 0.15) is 38.2 Å². The summed E-state index contributed by atoms with van der Waals surface area (Å²) in [5.41, 5.74) is 0.342. The van der Waals surface area contributed by atoms with E-state index in [1.54, 1.807) is 0 Å². The Morgan fingerprint density at radius 2 is 1.61 bits per heavy atom. The highest BCUT2D eigenvalue weighted by Crippen LogP contribution is 2.45. The Morgan fingerprint density at radius 3 is 2.22 bits per heavy atom. The van der Waals surface area contributed by atoms with Gasteiger partial charge in [-0.3, -0.25) is 0 Å². The van der Waals surface area contributed by atoms with Crippen LogP contribution < -0.4 is 15.4 Å². The summed E-state index contributed by atoms with van der Waals surface area (Å²) in [6, 6.07) is 3.66. The monoisotopic (exact) mass is 511 g/mol. The Bertz CT molecular complexity index is 1180. The van der Waals surface area contributed by atoms with E-state index in [9.17, 15) is 26.3 Å². The van der Waals surface area contributed by atoms with E-state index in [0.717, 1.165) is 42.5 Å². The first-order valence-corrected chi connectivity index (χ1v) is 11.3. The minimum atomic E-state index is -4.64. The van der Waals surface area contributed by atoms with Crippen LogP contribution in [0.5, 0.6) is 6.01 Å². The number of benzene rings is 1. The molecule has 36 heavy (non-hydrogen) atoms. The first kappa shape index (κ1) is 25.5. The quantitative estimate of drug-likeness (QED) is 0.272. The highest BCUT2D eigenvalue weighted by molar-refractivity contribution is 5.67. The zero-order chi connectivity index (χ0) is 26.0. The molecule has 2 bridgehead atoms. The predicted octanol–water partition coefficient (Wildman–Crippen LogP) is 6.74. The van der Waals surface area contributed by atoms with Gasteiger partial charge in [0, 0.05) is 5.69 Å². The molecule has 0 fully saturated rings. The Morgan fingerprint density at radius 1 is 0.917 bits per heavy atom. The standard InChI is InChI=1S/C24H23F6N5O/c1-2-3-4-12-22(15-8-9-16(22)11-10-15)35-20-32-19(33-21(34-20)36-14-23(25,26)27)31-18-7-5-6-17(13-18)24(28,29)30/h5-11,13H,2-4,12,14H2,1H3,(H2,31,32,33,34,35). The van der Waals surface area contributed by atoms with Crippen LogP contribution in [0.3, 0.4) is 0 Å². The normalized spacial score (nSPS) is 16.1. The lowest BCUT2D eigenvalue weighted by molar-refractivity contribution is -0.154. The number of anilines is 3. The van der Waals surface area contributed by atoms with E-state index < -0.39 is 36.1 Å². The van der Waals surface area contributed by atoms with Crippen LogP contribution in [0.2, 0.25) is 0 Å². The number of ether oxygens (including phenoxy) is 1. The molecule has 2 aromatic rings. The van der Waals surface area contributed by atoms with Crippen LogP contribution >= 0.6 is 0 Å². The van der Waals surface area contributed by atoms with Gasteiger partial charge in [-0.15, -0.1) is 0 Å². The van der Waals surface area contributed by atoms with Gasteiger partial charge in [0.2, 0.25) is 11.9 Å². The number of aromatic nitrogens is 3. The van der Waals surface area contributed by atoms with Crippen molar-refractivity contribution < 1.29 is 31.1 Å². The summed E-state index contributed by atoms with van der Waals surface area (Å²) >= 11 is 0. The third-order valence-corrected chi connectivity index (χ3v) is 5.78. The summed E-state index contributed by atoms with van der Waals surface area (Å²) in [4.78, 5) is 12.1. The van der Waals surface area contributed by atoms with E-state index in [-0.39, 0.29) is 17.6 Å². The van der Waals surface area contributed by atoms with Gasteiger partial charge in [0.05, 0.1) is 11.1 Å². The highest BCUT2D eigenvalue weighted by atomic mass is 19.4. The summed E-state index contributed by atoms with van der Waals surface area (Å²) in [6.07, 6.45) is 2.08. The van der Waals surface area contributed by atoms with Gasteiger partial charge in [-0.2, -0.15) is 41.3 Å². The zero-order valence-corrected chi connectivity index (χ0v) is 19.2. The summed E-state index contributed by atoms with van der Waals surface area (Å²) in [5, 5.41) is 5.85. The molecule has 2 aliphatic rings. The van der Waals surface area contributed by atoms with Crippen LogP contribution in [0.25, 0.3) is 0 Å². The smallest absolute Gasteiger partial charge is 0.422 e. The molecular weight excluding hydrogens is 488 g/mol. The first-order valence-electron chi connectivity index (χ1n) is 11.3. The number of fused-ring (bicyclic) bond motifs is 2. The number of nitrogens with one attached hydrogen (secondary N) is 2. The number of halogens is 6. The van der Waals surface area contributed by atoms with Crippen LogP contribution in [0, 0.1) is 0 Å².